The standard InChI is InChI=1S/C14H18N4O3S/c1-4-21-14-16-15-13(22-14)9-17(3)10(2)11-6-5-7-12(8-11)18(19)20/h5-8,10H,4,9H2,1-3H3/t10-/m0/s1. The zero-order chi connectivity index (χ0) is 16.1. The lowest BCUT2D eigenvalue weighted by Gasteiger charge is -2.23. The van der Waals surface area contributed by atoms with E-state index in [1.807, 2.05) is 27.0 Å². The fourth-order valence-electron chi connectivity index (χ4n) is 1.99. The molecule has 0 N–H and O–H groups in total. The largest absolute Gasteiger partial charge is 0.469 e. The average molecular weight is 322 g/mol. The van der Waals surface area contributed by atoms with Gasteiger partial charge in [0.25, 0.3) is 10.9 Å². The summed E-state index contributed by atoms with van der Waals surface area (Å²) in [6.07, 6.45) is 0. The van der Waals surface area contributed by atoms with Gasteiger partial charge in [-0.25, -0.2) is 0 Å². The van der Waals surface area contributed by atoms with E-state index >= 15 is 0 Å². The molecule has 0 aliphatic rings. The molecule has 0 saturated carbocycles. The molecule has 0 unspecified atom stereocenters. The van der Waals surface area contributed by atoms with Crippen molar-refractivity contribution in [2.45, 2.75) is 26.4 Å². The van der Waals surface area contributed by atoms with Gasteiger partial charge in [0, 0.05) is 18.2 Å². The minimum absolute atomic E-state index is 0.0272. The number of hydrogen-bond acceptors (Lipinski definition) is 7. The SMILES string of the molecule is CCOc1nnc(CN(C)[C@@H](C)c2cccc([N+](=O)[O-])c2)s1. The van der Waals surface area contributed by atoms with E-state index in [2.05, 4.69) is 15.1 Å². The number of nitro groups is 1. The van der Waals surface area contributed by atoms with Crippen LogP contribution in [0.25, 0.3) is 0 Å². The smallest absolute Gasteiger partial charge is 0.294 e. The maximum absolute atomic E-state index is 10.9. The van der Waals surface area contributed by atoms with Crippen molar-refractivity contribution >= 4 is 17.0 Å². The summed E-state index contributed by atoms with van der Waals surface area (Å²) in [5, 5.41) is 20.3. The van der Waals surface area contributed by atoms with E-state index in [0.29, 0.717) is 18.3 Å². The quantitative estimate of drug-likeness (QED) is 0.575. The Labute approximate surface area is 132 Å². The normalized spacial score (nSPS) is 12.4. The maximum atomic E-state index is 10.9. The number of aromatic nitrogens is 2. The van der Waals surface area contributed by atoms with Gasteiger partial charge in [-0.3, -0.25) is 15.0 Å². The van der Waals surface area contributed by atoms with Crippen molar-refractivity contribution in [1.29, 1.82) is 0 Å². The number of nitro benzene ring substituents is 1. The van der Waals surface area contributed by atoms with Crippen LogP contribution in [0.1, 0.15) is 30.5 Å². The van der Waals surface area contributed by atoms with E-state index in [-0.39, 0.29) is 16.7 Å². The minimum atomic E-state index is -0.380. The van der Waals surface area contributed by atoms with Gasteiger partial charge in [-0.1, -0.05) is 23.5 Å². The summed E-state index contributed by atoms with van der Waals surface area (Å²) in [6, 6.07) is 6.72. The molecule has 2 aromatic rings. The molecule has 22 heavy (non-hydrogen) atoms. The van der Waals surface area contributed by atoms with Crippen LogP contribution in [0.2, 0.25) is 0 Å². The van der Waals surface area contributed by atoms with E-state index < -0.39 is 0 Å². The van der Waals surface area contributed by atoms with Gasteiger partial charge in [-0.2, -0.15) is 0 Å². The first kappa shape index (κ1) is 16.3. The molecule has 118 valence electrons. The third kappa shape index (κ3) is 3.99. The van der Waals surface area contributed by atoms with Crippen LogP contribution in [0.4, 0.5) is 5.69 Å². The predicted octanol–water partition coefficient (Wildman–Crippen LogP) is 3.04. The van der Waals surface area contributed by atoms with Gasteiger partial charge in [0.15, 0.2) is 0 Å². The molecule has 2 rings (SSSR count). The predicted molar refractivity (Wildman–Crippen MR) is 84.1 cm³/mol. The highest BCUT2D eigenvalue weighted by Crippen LogP contribution is 2.26. The van der Waals surface area contributed by atoms with Gasteiger partial charge >= 0.3 is 0 Å². The zero-order valence-electron chi connectivity index (χ0n) is 12.7. The van der Waals surface area contributed by atoms with Crippen LogP contribution in [0.15, 0.2) is 24.3 Å². The Bertz CT molecular complexity index is 647. The van der Waals surface area contributed by atoms with E-state index in [9.17, 15) is 10.1 Å². The minimum Gasteiger partial charge on any atom is -0.469 e. The second-order valence-corrected chi connectivity index (χ2v) is 5.86. The van der Waals surface area contributed by atoms with Crippen LogP contribution in [0.3, 0.4) is 0 Å². The molecule has 0 aliphatic carbocycles. The van der Waals surface area contributed by atoms with Crippen molar-refractivity contribution in [2.24, 2.45) is 0 Å². The maximum Gasteiger partial charge on any atom is 0.294 e. The van der Waals surface area contributed by atoms with Crippen molar-refractivity contribution in [3.63, 3.8) is 0 Å². The van der Waals surface area contributed by atoms with E-state index in [1.165, 1.54) is 17.4 Å². The third-order valence-electron chi connectivity index (χ3n) is 3.33. The van der Waals surface area contributed by atoms with Crippen molar-refractivity contribution in [1.82, 2.24) is 15.1 Å². The van der Waals surface area contributed by atoms with Crippen LogP contribution in [0.5, 0.6) is 5.19 Å². The molecule has 1 heterocycles. The molecule has 0 aliphatic heterocycles. The lowest BCUT2D eigenvalue weighted by atomic mass is 10.1. The Kier molecular flexibility index (Phi) is 5.40. The second kappa shape index (κ2) is 7.28. The molecular weight excluding hydrogens is 304 g/mol. The summed E-state index contributed by atoms with van der Waals surface area (Å²) in [5.74, 6) is 0. The first-order valence-electron chi connectivity index (χ1n) is 6.91. The number of ether oxygens (including phenoxy) is 1. The molecule has 7 nitrogen and oxygen atoms in total. The Morgan fingerprint density at radius 1 is 1.45 bits per heavy atom. The number of nitrogens with zero attached hydrogens (tertiary/aromatic N) is 4. The third-order valence-corrected chi connectivity index (χ3v) is 4.15. The van der Waals surface area contributed by atoms with Crippen molar-refractivity contribution < 1.29 is 9.66 Å². The second-order valence-electron chi connectivity index (χ2n) is 4.84. The highest BCUT2D eigenvalue weighted by Gasteiger charge is 2.17. The van der Waals surface area contributed by atoms with Gasteiger partial charge in [0.2, 0.25) is 0 Å². The summed E-state index contributed by atoms with van der Waals surface area (Å²) in [7, 11) is 1.95. The molecule has 8 heteroatoms. The van der Waals surface area contributed by atoms with Crippen LogP contribution in [0, 0.1) is 10.1 Å². The van der Waals surface area contributed by atoms with E-state index in [1.54, 1.807) is 12.1 Å². The number of non-ortho nitro benzene ring substituents is 1. The van der Waals surface area contributed by atoms with Gasteiger partial charge in [-0.15, -0.1) is 10.2 Å². The van der Waals surface area contributed by atoms with E-state index in [0.717, 1.165) is 10.6 Å². The first-order valence-corrected chi connectivity index (χ1v) is 7.72. The number of benzene rings is 1. The molecule has 0 fully saturated rings. The summed E-state index contributed by atoms with van der Waals surface area (Å²) in [4.78, 5) is 12.5. The first-order chi connectivity index (χ1) is 10.5. The van der Waals surface area contributed by atoms with Crippen LogP contribution < -0.4 is 4.74 Å². The van der Waals surface area contributed by atoms with Crippen LogP contribution in [-0.4, -0.2) is 33.7 Å². The van der Waals surface area contributed by atoms with Gasteiger partial charge < -0.3 is 4.74 Å². The Hall–Kier alpha value is -2.06. The molecule has 1 aromatic heterocycles. The van der Waals surface area contributed by atoms with Crippen LogP contribution >= 0.6 is 11.3 Å². The Balaban J connectivity index is 2.06. The van der Waals surface area contributed by atoms with Crippen molar-refractivity contribution in [3.05, 3.63) is 45.0 Å². The summed E-state index contributed by atoms with van der Waals surface area (Å²) in [6.45, 7) is 5.07. The Morgan fingerprint density at radius 2 is 2.23 bits per heavy atom. The molecule has 0 spiro atoms. The fourth-order valence-corrected chi connectivity index (χ4v) is 2.80. The molecular formula is C14H18N4O3S. The molecule has 0 saturated heterocycles. The highest BCUT2D eigenvalue weighted by atomic mass is 32.1. The number of hydrogen-bond donors (Lipinski definition) is 0. The summed E-state index contributed by atoms with van der Waals surface area (Å²) in [5.41, 5.74) is 0.999. The summed E-state index contributed by atoms with van der Waals surface area (Å²) >= 11 is 1.41. The van der Waals surface area contributed by atoms with Crippen molar-refractivity contribution in [2.75, 3.05) is 13.7 Å². The highest BCUT2D eigenvalue weighted by molar-refractivity contribution is 7.13. The number of rotatable bonds is 7. The molecule has 0 bridgehead atoms. The average Bonchev–Trinajstić information content (AvgIpc) is 2.94. The lowest BCUT2D eigenvalue weighted by molar-refractivity contribution is -0.384. The lowest BCUT2D eigenvalue weighted by Crippen LogP contribution is -2.21. The fraction of sp³-hybridized carbons (Fsp3) is 0.429. The Morgan fingerprint density at radius 3 is 2.91 bits per heavy atom. The van der Waals surface area contributed by atoms with Crippen molar-refractivity contribution in [3.8, 4) is 5.19 Å². The monoisotopic (exact) mass is 322 g/mol. The molecule has 0 amide bonds. The van der Waals surface area contributed by atoms with Gasteiger partial charge in [0.05, 0.1) is 18.1 Å². The topological polar surface area (TPSA) is 81.4 Å². The van der Waals surface area contributed by atoms with E-state index in [4.69, 9.17) is 4.74 Å². The zero-order valence-corrected chi connectivity index (χ0v) is 13.5. The molecule has 1 atom stereocenters. The summed E-state index contributed by atoms with van der Waals surface area (Å²) < 4.78 is 5.31. The molecule has 1 aromatic carbocycles. The van der Waals surface area contributed by atoms with Gasteiger partial charge in [0.1, 0.15) is 5.01 Å². The van der Waals surface area contributed by atoms with Gasteiger partial charge in [-0.05, 0) is 26.5 Å². The molecule has 0 radical (unpaired) electrons. The van der Waals surface area contributed by atoms with Crippen LogP contribution in [-0.2, 0) is 6.54 Å².